The van der Waals surface area contributed by atoms with E-state index in [1.165, 1.54) is 0 Å². The van der Waals surface area contributed by atoms with Crippen molar-refractivity contribution in [2.75, 3.05) is 36.7 Å². The van der Waals surface area contributed by atoms with Crippen LogP contribution in [0.4, 0.5) is 21.9 Å². The van der Waals surface area contributed by atoms with E-state index in [1.807, 2.05) is 61.5 Å². The third kappa shape index (κ3) is 4.34. The summed E-state index contributed by atoms with van der Waals surface area (Å²) in [6.45, 7) is 0. The highest BCUT2D eigenvalue weighted by Crippen LogP contribution is 2.25. The standard InChI is InChI=1S/C19H20N4O2.ClH/c1-23(2)14-6-4-13(5-7-14)21-19(24)22-17-10-11-20-18-12-15(25-3)8-9-16(17)18;/h4-12H,1-3H3,(H2,20,21,22,24);1H. The van der Waals surface area contributed by atoms with Gasteiger partial charge in [-0.2, -0.15) is 0 Å². The quantitative estimate of drug-likeness (QED) is 0.713. The lowest BCUT2D eigenvalue weighted by molar-refractivity contribution is 0.262. The van der Waals surface area contributed by atoms with Gasteiger partial charge in [0.2, 0.25) is 0 Å². The van der Waals surface area contributed by atoms with E-state index in [1.54, 1.807) is 19.4 Å². The van der Waals surface area contributed by atoms with E-state index >= 15 is 0 Å². The van der Waals surface area contributed by atoms with E-state index < -0.39 is 0 Å². The van der Waals surface area contributed by atoms with Crippen LogP contribution in [0.2, 0.25) is 0 Å². The lowest BCUT2D eigenvalue weighted by Gasteiger charge is -2.13. The number of hydrogen-bond acceptors (Lipinski definition) is 4. The number of fused-ring (bicyclic) bond motifs is 1. The second kappa shape index (κ2) is 8.40. The minimum Gasteiger partial charge on any atom is -0.497 e. The van der Waals surface area contributed by atoms with Crippen molar-refractivity contribution < 1.29 is 9.53 Å². The van der Waals surface area contributed by atoms with Crippen molar-refractivity contribution in [1.82, 2.24) is 4.98 Å². The number of pyridine rings is 1. The van der Waals surface area contributed by atoms with Crippen LogP contribution in [0.15, 0.2) is 54.7 Å². The molecular formula is C19H21ClN4O2. The molecule has 3 rings (SSSR count). The molecule has 0 saturated heterocycles. The highest BCUT2D eigenvalue weighted by molar-refractivity contribution is 6.05. The Morgan fingerprint density at radius 1 is 1.04 bits per heavy atom. The number of methoxy groups -OCH3 is 1. The number of hydrogen-bond donors (Lipinski definition) is 2. The number of nitrogens with zero attached hydrogens (tertiary/aromatic N) is 2. The second-order valence-corrected chi connectivity index (χ2v) is 5.76. The Bertz CT molecular complexity index is 898. The number of anilines is 3. The molecule has 0 aliphatic rings. The molecule has 0 radical (unpaired) electrons. The fraction of sp³-hybridized carbons (Fsp3) is 0.158. The summed E-state index contributed by atoms with van der Waals surface area (Å²) in [7, 11) is 5.55. The molecule has 2 N–H and O–H groups in total. The predicted octanol–water partition coefficient (Wildman–Crippen LogP) is 4.38. The SMILES string of the molecule is COc1ccc2c(NC(=O)Nc3ccc(N(C)C)cc3)ccnc2c1.Cl. The first-order valence-corrected chi connectivity index (χ1v) is 7.85. The molecule has 136 valence electrons. The molecule has 1 aromatic heterocycles. The molecule has 0 saturated carbocycles. The number of carbonyl (C=O) groups excluding carboxylic acids is 1. The largest absolute Gasteiger partial charge is 0.497 e. The van der Waals surface area contributed by atoms with E-state index in [0.717, 1.165) is 28.0 Å². The van der Waals surface area contributed by atoms with Gasteiger partial charge in [-0.05, 0) is 42.5 Å². The summed E-state index contributed by atoms with van der Waals surface area (Å²) in [4.78, 5) is 18.6. The number of carbonyl (C=O) groups is 1. The van der Waals surface area contributed by atoms with E-state index in [2.05, 4.69) is 15.6 Å². The minimum atomic E-state index is -0.305. The summed E-state index contributed by atoms with van der Waals surface area (Å²) in [6.07, 6.45) is 1.66. The molecule has 6 nitrogen and oxygen atoms in total. The molecule has 0 spiro atoms. The number of halogens is 1. The van der Waals surface area contributed by atoms with Gasteiger partial charge in [0, 0.05) is 43.1 Å². The number of urea groups is 1. The lowest BCUT2D eigenvalue weighted by Crippen LogP contribution is -2.19. The minimum absolute atomic E-state index is 0. The molecule has 0 aliphatic carbocycles. The molecule has 0 aliphatic heterocycles. The second-order valence-electron chi connectivity index (χ2n) is 5.76. The molecule has 2 aromatic carbocycles. The maximum absolute atomic E-state index is 12.3. The summed E-state index contributed by atoms with van der Waals surface area (Å²) < 4.78 is 5.21. The maximum atomic E-state index is 12.3. The number of nitrogens with one attached hydrogen (secondary N) is 2. The lowest BCUT2D eigenvalue weighted by atomic mass is 10.2. The number of benzene rings is 2. The van der Waals surface area contributed by atoms with Gasteiger partial charge < -0.3 is 20.3 Å². The van der Waals surface area contributed by atoms with Crippen molar-refractivity contribution in [2.24, 2.45) is 0 Å². The third-order valence-electron chi connectivity index (χ3n) is 3.84. The Balaban J connectivity index is 0.00000243. The molecule has 7 heteroatoms. The zero-order chi connectivity index (χ0) is 17.8. The van der Waals surface area contributed by atoms with Crippen LogP contribution in [-0.2, 0) is 0 Å². The smallest absolute Gasteiger partial charge is 0.323 e. The number of aromatic nitrogens is 1. The van der Waals surface area contributed by atoms with Gasteiger partial charge in [0.15, 0.2) is 0 Å². The van der Waals surface area contributed by atoms with Gasteiger partial charge in [0.05, 0.1) is 18.3 Å². The van der Waals surface area contributed by atoms with Gasteiger partial charge in [-0.3, -0.25) is 4.98 Å². The highest BCUT2D eigenvalue weighted by Gasteiger charge is 2.08. The Hall–Kier alpha value is -2.99. The first-order valence-electron chi connectivity index (χ1n) is 7.85. The van der Waals surface area contributed by atoms with Crippen LogP contribution >= 0.6 is 12.4 Å². The zero-order valence-corrected chi connectivity index (χ0v) is 15.6. The summed E-state index contributed by atoms with van der Waals surface area (Å²) in [5.41, 5.74) is 3.24. The molecule has 0 unspecified atom stereocenters. The molecule has 0 fully saturated rings. The first-order chi connectivity index (χ1) is 12.1. The van der Waals surface area contributed by atoms with Crippen molar-refractivity contribution in [2.45, 2.75) is 0 Å². The van der Waals surface area contributed by atoms with Crippen LogP contribution in [0.5, 0.6) is 5.75 Å². The monoisotopic (exact) mass is 372 g/mol. The summed E-state index contributed by atoms with van der Waals surface area (Å²) >= 11 is 0. The van der Waals surface area contributed by atoms with Crippen LogP contribution < -0.4 is 20.3 Å². The van der Waals surface area contributed by atoms with Crippen LogP contribution in [0, 0.1) is 0 Å². The van der Waals surface area contributed by atoms with Gasteiger partial charge in [-0.1, -0.05) is 0 Å². The molecule has 0 atom stereocenters. The van der Waals surface area contributed by atoms with Gasteiger partial charge in [-0.15, -0.1) is 12.4 Å². The molecular weight excluding hydrogens is 352 g/mol. The zero-order valence-electron chi connectivity index (χ0n) is 14.8. The fourth-order valence-electron chi connectivity index (χ4n) is 2.49. The average Bonchev–Trinajstić information content (AvgIpc) is 2.62. The normalized spacial score (nSPS) is 9.96. The van der Waals surface area contributed by atoms with Crippen LogP contribution in [0.25, 0.3) is 10.9 Å². The summed E-state index contributed by atoms with van der Waals surface area (Å²) in [6, 6.07) is 14.6. The average molecular weight is 373 g/mol. The van der Waals surface area contributed by atoms with Gasteiger partial charge >= 0.3 is 6.03 Å². The van der Waals surface area contributed by atoms with Gasteiger partial charge in [0.1, 0.15) is 5.75 Å². The maximum Gasteiger partial charge on any atom is 0.323 e. The summed E-state index contributed by atoms with van der Waals surface area (Å²) in [5.74, 6) is 0.725. The Kier molecular flexibility index (Phi) is 6.25. The molecule has 2 amide bonds. The van der Waals surface area contributed by atoms with Crippen molar-refractivity contribution in [1.29, 1.82) is 0 Å². The Morgan fingerprint density at radius 2 is 1.77 bits per heavy atom. The van der Waals surface area contributed by atoms with Crippen molar-refractivity contribution in [3.63, 3.8) is 0 Å². The van der Waals surface area contributed by atoms with E-state index in [0.29, 0.717) is 5.69 Å². The van der Waals surface area contributed by atoms with Crippen LogP contribution in [0.1, 0.15) is 0 Å². The van der Waals surface area contributed by atoms with Crippen molar-refractivity contribution in [3.05, 3.63) is 54.7 Å². The Labute approximate surface area is 158 Å². The summed E-state index contributed by atoms with van der Waals surface area (Å²) in [5, 5.41) is 6.55. The molecule has 0 bridgehead atoms. The van der Waals surface area contributed by atoms with Gasteiger partial charge in [-0.25, -0.2) is 4.79 Å². The molecule has 26 heavy (non-hydrogen) atoms. The number of ether oxygens (including phenoxy) is 1. The highest BCUT2D eigenvalue weighted by atomic mass is 35.5. The topological polar surface area (TPSA) is 66.5 Å². The van der Waals surface area contributed by atoms with Gasteiger partial charge in [0.25, 0.3) is 0 Å². The molecule has 1 heterocycles. The van der Waals surface area contributed by atoms with Crippen LogP contribution in [0.3, 0.4) is 0 Å². The fourth-order valence-corrected chi connectivity index (χ4v) is 2.49. The van der Waals surface area contributed by atoms with Crippen LogP contribution in [-0.4, -0.2) is 32.2 Å². The van der Waals surface area contributed by atoms with E-state index in [4.69, 9.17) is 4.74 Å². The first kappa shape index (κ1) is 19.3. The number of amides is 2. The predicted molar refractivity (Wildman–Crippen MR) is 109 cm³/mol. The molecule has 3 aromatic rings. The van der Waals surface area contributed by atoms with Crippen molar-refractivity contribution >= 4 is 46.4 Å². The third-order valence-corrected chi connectivity index (χ3v) is 3.84. The Morgan fingerprint density at radius 3 is 2.42 bits per heavy atom. The van der Waals surface area contributed by atoms with Crippen molar-refractivity contribution in [3.8, 4) is 5.75 Å². The van der Waals surface area contributed by atoms with E-state index in [-0.39, 0.29) is 18.4 Å². The van der Waals surface area contributed by atoms with E-state index in [9.17, 15) is 4.79 Å². The number of rotatable bonds is 4.